The van der Waals surface area contributed by atoms with Gasteiger partial charge in [-0.1, -0.05) is 37.0 Å². The average Bonchev–Trinajstić information content (AvgIpc) is 2.01. The average molecular weight is 219 g/mol. The zero-order valence-electron chi connectivity index (χ0n) is 7.59. The third-order valence-electron chi connectivity index (χ3n) is 1.89. The van der Waals surface area contributed by atoms with E-state index in [1.807, 2.05) is 13.8 Å². The fourth-order valence-corrected chi connectivity index (χ4v) is 1.54. The maximum Gasteiger partial charge on any atom is 0.131 e. The maximum atomic E-state index is 5.93. The molecule has 1 atom stereocenters. The molecule has 1 aromatic rings. The Bertz CT molecular complexity index is 279. The molecule has 13 heavy (non-hydrogen) atoms. The van der Waals surface area contributed by atoms with Crippen LogP contribution >= 0.6 is 23.2 Å². The van der Waals surface area contributed by atoms with Crippen molar-refractivity contribution in [3.8, 4) is 0 Å². The molecule has 4 heteroatoms. The van der Waals surface area contributed by atoms with Crippen LogP contribution in [0.2, 0.25) is 10.3 Å². The van der Waals surface area contributed by atoms with Gasteiger partial charge in [0.05, 0.1) is 0 Å². The number of hydrogen-bond acceptors (Lipinski definition) is 2. The topological polar surface area (TPSA) is 38.9 Å². The van der Waals surface area contributed by atoms with Crippen LogP contribution < -0.4 is 5.73 Å². The number of nitrogens with zero attached hydrogens (tertiary/aromatic N) is 1. The van der Waals surface area contributed by atoms with Crippen LogP contribution in [-0.2, 0) is 0 Å². The predicted octanol–water partition coefficient (Wildman–Crippen LogP) is 3.04. The van der Waals surface area contributed by atoms with Gasteiger partial charge in [-0.15, -0.1) is 0 Å². The normalized spacial score (nSPS) is 13.4. The Kier molecular flexibility index (Phi) is 3.54. The number of pyridine rings is 1. The van der Waals surface area contributed by atoms with Crippen molar-refractivity contribution in [2.24, 2.45) is 11.7 Å². The summed E-state index contributed by atoms with van der Waals surface area (Å²) in [6.45, 7) is 4.10. The predicted molar refractivity (Wildman–Crippen MR) is 56.0 cm³/mol. The molecule has 0 amide bonds. The highest BCUT2D eigenvalue weighted by Gasteiger charge is 2.11. The molecule has 2 nitrogen and oxygen atoms in total. The van der Waals surface area contributed by atoms with Gasteiger partial charge in [0, 0.05) is 6.04 Å². The molecule has 1 rings (SSSR count). The van der Waals surface area contributed by atoms with E-state index in [1.165, 1.54) is 0 Å². The number of aromatic nitrogens is 1. The van der Waals surface area contributed by atoms with Gasteiger partial charge in [0.1, 0.15) is 10.3 Å². The highest BCUT2D eigenvalue weighted by atomic mass is 35.5. The van der Waals surface area contributed by atoms with Gasteiger partial charge in [0.25, 0.3) is 0 Å². The van der Waals surface area contributed by atoms with E-state index in [0.717, 1.165) is 5.56 Å². The van der Waals surface area contributed by atoms with Crippen LogP contribution in [0.3, 0.4) is 0 Å². The van der Waals surface area contributed by atoms with Crippen LogP contribution in [0.25, 0.3) is 0 Å². The second-order valence-electron chi connectivity index (χ2n) is 3.32. The van der Waals surface area contributed by atoms with Crippen LogP contribution in [0.4, 0.5) is 0 Å². The third-order valence-corrected chi connectivity index (χ3v) is 2.28. The zero-order valence-corrected chi connectivity index (χ0v) is 9.10. The van der Waals surface area contributed by atoms with Gasteiger partial charge in [-0.3, -0.25) is 0 Å². The number of nitrogens with two attached hydrogens (primary N) is 1. The van der Waals surface area contributed by atoms with Crippen molar-refractivity contribution in [3.63, 3.8) is 0 Å². The molecule has 0 aliphatic rings. The van der Waals surface area contributed by atoms with E-state index in [9.17, 15) is 0 Å². The molecule has 0 aromatic carbocycles. The molecule has 0 radical (unpaired) electrons. The molecule has 0 aliphatic heterocycles. The molecule has 0 bridgehead atoms. The Morgan fingerprint density at radius 2 is 1.69 bits per heavy atom. The second kappa shape index (κ2) is 4.27. The first-order valence-corrected chi connectivity index (χ1v) is 4.85. The van der Waals surface area contributed by atoms with Crippen LogP contribution in [0.1, 0.15) is 25.5 Å². The summed E-state index contributed by atoms with van der Waals surface area (Å²) in [6.07, 6.45) is 0. The number of rotatable bonds is 2. The van der Waals surface area contributed by atoms with Gasteiger partial charge in [-0.05, 0) is 23.6 Å². The summed E-state index contributed by atoms with van der Waals surface area (Å²) < 4.78 is 0. The fraction of sp³-hybridized carbons (Fsp3) is 0.444. The van der Waals surface area contributed by atoms with Crippen LogP contribution in [0, 0.1) is 5.92 Å². The van der Waals surface area contributed by atoms with Crippen molar-refractivity contribution in [1.29, 1.82) is 0 Å². The first-order valence-electron chi connectivity index (χ1n) is 4.09. The molecule has 1 heterocycles. The summed E-state index contributed by atoms with van der Waals surface area (Å²) in [5.41, 5.74) is 6.86. The fourth-order valence-electron chi connectivity index (χ4n) is 1.06. The Hall–Kier alpha value is -0.310. The first kappa shape index (κ1) is 10.8. The Morgan fingerprint density at radius 1 is 1.23 bits per heavy atom. The Morgan fingerprint density at radius 3 is 2.08 bits per heavy atom. The van der Waals surface area contributed by atoms with Gasteiger partial charge in [-0.2, -0.15) is 0 Å². The van der Waals surface area contributed by atoms with Gasteiger partial charge in [0.2, 0.25) is 0 Å². The molecule has 0 saturated carbocycles. The summed E-state index contributed by atoms with van der Waals surface area (Å²) in [7, 11) is 0. The highest BCUT2D eigenvalue weighted by molar-refractivity contribution is 6.32. The van der Waals surface area contributed by atoms with E-state index >= 15 is 0 Å². The van der Waals surface area contributed by atoms with E-state index in [0.29, 0.717) is 16.2 Å². The summed E-state index contributed by atoms with van der Waals surface area (Å²) in [6, 6.07) is 3.45. The monoisotopic (exact) mass is 218 g/mol. The van der Waals surface area contributed by atoms with Crippen molar-refractivity contribution in [3.05, 3.63) is 28.0 Å². The van der Waals surface area contributed by atoms with E-state index in [-0.39, 0.29) is 6.04 Å². The maximum absolute atomic E-state index is 5.93. The molecule has 0 aliphatic carbocycles. The minimum atomic E-state index is -0.0435. The highest BCUT2D eigenvalue weighted by Crippen LogP contribution is 2.23. The number of hydrogen-bond donors (Lipinski definition) is 1. The van der Waals surface area contributed by atoms with Gasteiger partial charge in [0.15, 0.2) is 0 Å². The molecule has 0 saturated heterocycles. The lowest BCUT2D eigenvalue weighted by atomic mass is 9.98. The number of halogens is 2. The zero-order chi connectivity index (χ0) is 10.0. The standard InChI is InChI=1S/C9H12Cl2N2/c1-5(2)9(12)6-3-7(10)13-8(11)4-6/h3-5,9H,12H2,1-2H3/t9-/m1/s1. The van der Waals surface area contributed by atoms with E-state index in [2.05, 4.69) is 4.98 Å². The molecule has 0 unspecified atom stereocenters. The van der Waals surface area contributed by atoms with Crippen LogP contribution in [0.15, 0.2) is 12.1 Å². The summed E-state index contributed by atoms with van der Waals surface area (Å²) in [5.74, 6) is 0.356. The minimum Gasteiger partial charge on any atom is -0.324 e. The van der Waals surface area contributed by atoms with E-state index in [1.54, 1.807) is 12.1 Å². The van der Waals surface area contributed by atoms with Crippen molar-refractivity contribution < 1.29 is 0 Å². The summed E-state index contributed by atoms with van der Waals surface area (Å²) in [4.78, 5) is 3.85. The first-order chi connectivity index (χ1) is 6.00. The molecular formula is C9H12Cl2N2. The van der Waals surface area contributed by atoms with Gasteiger partial charge >= 0.3 is 0 Å². The van der Waals surface area contributed by atoms with Crippen molar-refractivity contribution in [1.82, 2.24) is 4.98 Å². The van der Waals surface area contributed by atoms with Crippen molar-refractivity contribution in [2.75, 3.05) is 0 Å². The van der Waals surface area contributed by atoms with E-state index in [4.69, 9.17) is 28.9 Å². The smallest absolute Gasteiger partial charge is 0.131 e. The van der Waals surface area contributed by atoms with Gasteiger partial charge < -0.3 is 5.73 Å². The molecule has 1 aromatic heterocycles. The second-order valence-corrected chi connectivity index (χ2v) is 4.09. The van der Waals surface area contributed by atoms with Crippen LogP contribution in [0.5, 0.6) is 0 Å². The molecule has 0 fully saturated rings. The molecular weight excluding hydrogens is 207 g/mol. The molecule has 2 N–H and O–H groups in total. The third kappa shape index (κ3) is 2.83. The molecule has 0 spiro atoms. The lowest BCUT2D eigenvalue weighted by Crippen LogP contribution is -2.16. The minimum absolute atomic E-state index is 0.0435. The molecule has 72 valence electrons. The lowest BCUT2D eigenvalue weighted by molar-refractivity contribution is 0.514. The van der Waals surface area contributed by atoms with Crippen molar-refractivity contribution >= 4 is 23.2 Å². The van der Waals surface area contributed by atoms with Gasteiger partial charge in [-0.25, -0.2) is 4.98 Å². The summed E-state index contributed by atoms with van der Waals surface area (Å²) >= 11 is 11.5. The Labute approximate surface area is 88.1 Å². The Balaban J connectivity index is 3.01. The van der Waals surface area contributed by atoms with Crippen molar-refractivity contribution in [2.45, 2.75) is 19.9 Å². The summed E-state index contributed by atoms with van der Waals surface area (Å²) in [5, 5.41) is 0.775. The quantitative estimate of drug-likeness (QED) is 0.776. The largest absolute Gasteiger partial charge is 0.324 e. The van der Waals surface area contributed by atoms with E-state index < -0.39 is 0 Å². The SMILES string of the molecule is CC(C)[C@@H](N)c1cc(Cl)nc(Cl)c1. The van der Waals surface area contributed by atoms with Crippen LogP contribution in [-0.4, -0.2) is 4.98 Å². The lowest BCUT2D eigenvalue weighted by Gasteiger charge is -2.15.